The summed E-state index contributed by atoms with van der Waals surface area (Å²) in [4.78, 5) is 16.5. The number of hydrogen-bond donors (Lipinski definition) is 0. The van der Waals surface area contributed by atoms with Gasteiger partial charge in [-0.3, -0.25) is 9.69 Å². The van der Waals surface area contributed by atoms with Crippen LogP contribution in [0.5, 0.6) is 5.75 Å². The van der Waals surface area contributed by atoms with Gasteiger partial charge in [0.15, 0.2) is 11.6 Å². The van der Waals surface area contributed by atoms with Crippen molar-refractivity contribution in [2.45, 2.75) is 58.1 Å². The van der Waals surface area contributed by atoms with Gasteiger partial charge in [0.25, 0.3) is 0 Å². The summed E-state index contributed by atoms with van der Waals surface area (Å²) in [5.41, 5.74) is 0.626. The number of benzene rings is 1. The molecule has 5 heteroatoms. The van der Waals surface area contributed by atoms with Crippen LogP contribution in [0, 0.1) is 17.2 Å². The van der Waals surface area contributed by atoms with E-state index in [1.807, 2.05) is 24.1 Å². The quantitative estimate of drug-likeness (QED) is 0.727. The Labute approximate surface area is 161 Å². The molecule has 148 valence electrons. The summed E-state index contributed by atoms with van der Waals surface area (Å²) in [5, 5.41) is 0. The summed E-state index contributed by atoms with van der Waals surface area (Å²) in [6.45, 7) is 5.62. The molecule has 2 saturated carbocycles. The second-order valence-electron chi connectivity index (χ2n) is 9.04. The molecule has 1 aromatic rings. The molecule has 0 unspecified atom stereocenters. The third kappa shape index (κ3) is 4.13. The number of likely N-dealkylation sites (tertiary alicyclic amines) is 1. The Bertz CT molecular complexity index is 692. The molecule has 2 aliphatic carbocycles. The summed E-state index contributed by atoms with van der Waals surface area (Å²) in [7, 11) is 1.90. The molecule has 4 rings (SSSR count). The molecule has 0 atom stereocenters. The molecule has 4 nitrogen and oxygen atoms in total. The Balaban J connectivity index is 1.26. The molecule has 0 radical (unpaired) electrons. The normalized spacial score (nSPS) is 26.5. The van der Waals surface area contributed by atoms with Gasteiger partial charge in [0.2, 0.25) is 5.91 Å². The number of rotatable bonds is 7. The van der Waals surface area contributed by atoms with Crippen molar-refractivity contribution in [2.75, 3.05) is 26.7 Å². The van der Waals surface area contributed by atoms with E-state index in [0.717, 1.165) is 50.9 Å². The molecule has 27 heavy (non-hydrogen) atoms. The van der Waals surface area contributed by atoms with Crippen molar-refractivity contribution < 1.29 is 13.9 Å². The van der Waals surface area contributed by atoms with Crippen molar-refractivity contribution >= 4 is 5.91 Å². The lowest BCUT2D eigenvalue weighted by atomic mass is 9.81. The summed E-state index contributed by atoms with van der Waals surface area (Å²) in [6.07, 6.45) is 6.29. The van der Waals surface area contributed by atoms with Gasteiger partial charge in [-0.25, -0.2) is 4.39 Å². The van der Waals surface area contributed by atoms with Gasteiger partial charge in [0.05, 0.1) is 6.10 Å². The largest absolute Gasteiger partial charge is 0.487 e. The number of ether oxygens (including phenoxy) is 1. The van der Waals surface area contributed by atoms with Crippen molar-refractivity contribution in [2.24, 2.45) is 11.3 Å². The molecule has 3 aliphatic rings. The molecule has 3 fully saturated rings. The monoisotopic (exact) mass is 374 g/mol. The van der Waals surface area contributed by atoms with Gasteiger partial charge in [0.1, 0.15) is 0 Å². The second-order valence-corrected chi connectivity index (χ2v) is 9.04. The third-order valence-electron chi connectivity index (χ3n) is 6.52. The van der Waals surface area contributed by atoms with Crippen LogP contribution in [0.3, 0.4) is 0 Å². The van der Waals surface area contributed by atoms with Crippen molar-refractivity contribution in [3.8, 4) is 5.75 Å². The maximum Gasteiger partial charge on any atom is 0.228 e. The Kier molecular flexibility index (Phi) is 5.15. The smallest absolute Gasteiger partial charge is 0.228 e. The van der Waals surface area contributed by atoms with Crippen molar-refractivity contribution in [3.63, 3.8) is 0 Å². The zero-order valence-corrected chi connectivity index (χ0v) is 16.5. The maximum atomic E-state index is 14.8. The molecule has 1 aromatic carbocycles. The van der Waals surface area contributed by atoms with Crippen LogP contribution in [-0.2, 0) is 11.3 Å². The highest BCUT2D eigenvalue weighted by atomic mass is 19.1. The van der Waals surface area contributed by atoms with E-state index in [4.69, 9.17) is 4.74 Å². The van der Waals surface area contributed by atoms with Crippen LogP contribution in [0.15, 0.2) is 18.2 Å². The number of halogens is 1. The molecule has 0 bridgehead atoms. The van der Waals surface area contributed by atoms with Crippen LogP contribution < -0.4 is 4.74 Å². The summed E-state index contributed by atoms with van der Waals surface area (Å²) in [5.74, 6) is 0.904. The topological polar surface area (TPSA) is 32.8 Å². The van der Waals surface area contributed by atoms with Crippen LogP contribution >= 0.6 is 0 Å². The average Bonchev–Trinajstić information content (AvgIpc) is 3.15. The summed E-state index contributed by atoms with van der Waals surface area (Å²) >= 11 is 0. The average molecular weight is 375 g/mol. The van der Waals surface area contributed by atoms with Crippen LogP contribution in [-0.4, -0.2) is 48.5 Å². The zero-order chi connectivity index (χ0) is 19.0. The van der Waals surface area contributed by atoms with E-state index in [1.165, 1.54) is 12.8 Å². The molecule has 1 heterocycles. The Morgan fingerprint density at radius 3 is 2.67 bits per heavy atom. The first-order valence-electron chi connectivity index (χ1n) is 10.4. The lowest BCUT2D eigenvalue weighted by molar-refractivity contribution is -0.136. The summed E-state index contributed by atoms with van der Waals surface area (Å²) < 4.78 is 20.7. The predicted octanol–water partition coefficient (Wildman–Crippen LogP) is 3.84. The van der Waals surface area contributed by atoms with Crippen LogP contribution in [0.25, 0.3) is 0 Å². The SMILES string of the molecule is CN(CC1CC(Oc2cccc(CN3CCCC3)c2F)C1)C(=O)C1(C)CC1. The molecule has 0 spiro atoms. The second kappa shape index (κ2) is 7.42. The maximum absolute atomic E-state index is 14.8. The van der Waals surface area contributed by atoms with Gasteiger partial charge in [-0.1, -0.05) is 19.1 Å². The van der Waals surface area contributed by atoms with Crippen LogP contribution in [0.4, 0.5) is 4.39 Å². The van der Waals surface area contributed by atoms with Crippen molar-refractivity contribution in [3.05, 3.63) is 29.6 Å². The number of carbonyl (C=O) groups excluding carboxylic acids is 1. The highest BCUT2D eigenvalue weighted by Crippen LogP contribution is 2.46. The number of nitrogens with zero attached hydrogens (tertiary/aromatic N) is 2. The van der Waals surface area contributed by atoms with E-state index >= 15 is 0 Å². The standard InChI is InChI=1S/C22H31FN2O2/c1-22(8-9-22)21(26)24(2)14-16-12-18(13-16)27-19-7-5-6-17(20(19)23)15-25-10-3-4-11-25/h5-7,16,18H,3-4,8-15H2,1-2H3. The first kappa shape index (κ1) is 18.7. The molecule has 1 aliphatic heterocycles. The molecule has 0 aromatic heterocycles. The van der Waals surface area contributed by atoms with Gasteiger partial charge in [0, 0.05) is 31.1 Å². The van der Waals surface area contributed by atoms with Gasteiger partial charge in [-0.15, -0.1) is 0 Å². The Hall–Kier alpha value is -1.62. The zero-order valence-electron chi connectivity index (χ0n) is 16.5. The minimum Gasteiger partial charge on any atom is -0.487 e. The highest BCUT2D eigenvalue weighted by Gasteiger charge is 2.47. The number of amides is 1. The van der Waals surface area contributed by atoms with Crippen LogP contribution in [0.1, 0.15) is 51.0 Å². The summed E-state index contributed by atoms with van der Waals surface area (Å²) in [6, 6.07) is 5.49. The first-order valence-corrected chi connectivity index (χ1v) is 10.4. The first-order chi connectivity index (χ1) is 12.9. The Morgan fingerprint density at radius 1 is 1.30 bits per heavy atom. The molecular formula is C22H31FN2O2. The fraction of sp³-hybridized carbons (Fsp3) is 0.682. The van der Waals surface area contributed by atoms with E-state index in [2.05, 4.69) is 11.8 Å². The van der Waals surface area contributed by atoms with Crippen molar-refractivity contribution in [1.29, 1.82) is 0 Å². The lowest BCUT2D eigenvalue weighted by Gasteiger charge is -2.38. The molecule has 1 amide bonds. The fourth-order valence-electron chi connectivity index (χ4n) is 4.38. The van der Waals surface area contributed by atoms with E-state index in [1.54, 1.807) is 6.07 Å². The van der Waals surface area contributed by atoms with E-state index in [-0.39, 0.29) is 23.2 Å². The molecule has 0 N–H and O–H groups in total. The minimum absolute atomic E-state index is 0.0616. The number of carbonyl (C=O) groups is 1. The predicted molar refractivity (Wildman–Crippen MR) is 103 cm³/mol. The number of hydrogen-bond acceptors (Lipinski definition) is 3. The fourth-order valence-corrected chi connectivity index (χ4v) is 4.38. The van der Waals surface area contributed by atoms with Crippen LogP contribution in [0.2, 0.25) is 0 Å². The van der Waals surface area contributed by atoms with E-state index < -0.39 is 0 Å². The lowest BCUT2D eigenvalue weighted by Crippen LogP contribution is -2.43. The molecule has 1 saturated heterocycles. The van der Waals surface area contributed by atoms with E-state index in [9.17, 15) is 9.18 Å². The molecular weight excluding hydrogens is 343 g/mol. The van der Waals surface area contributed by atoms with Gasteiger partial charge in [-0.2, -0.15) is 0 Å². The van der Waals surface area contributed by atoms with Gasteiger partial charge >= 0.3 is 0 Å². The van der Waals surface area contributed by atoms with Gasteiger partial charge in [-0.05, 0) is 63.6 Å². The minimum atomic E-state index is -0.207. The van der Waals surface area contributed by atoms with Crippen molar-refractivity contribution in [1.82, 2.24) is 9.80 Å². The highest BCUT2D eigenvalue weighted by molar-refractivity contribution is 5.84. The van der Waals surface area contributed by atoms with E-state index in [0.29, 0.717) is 18.2 Å². The van der Waals surface area contributed by atoms with Gasteiger partial charge < -0.3 is 9.64 Å². The third-order valence-corrected chi connectivity index (χ3v) is 6.52. The Morgan fingerprint density at radius 2 is 2.00 bits per heavy atom.